The Morgan fingerprint density at radius 3 is 2.37 bits per heavy atom. The van der Waals surface area contributed by atoms with Crippen LogP contribution in [0.25, 0.3) is 0 Å². The Balaban J connectivity index is 2.18. The Kier molecular flexibility index (Phi) is 4.45. The maximum Gasteiger partial charge on any atom is 0.134 e. The highest BCUT2D eigenvalue weighted by Gasteiger charge is 2.15. The summed E-state index contributed by atoms with van der Waals surface area (Å²) in [5.74, 6) is 1.71. The SMILES string of the molecule is COc1ccsc1C(N)c1ccc(OC(C)C)cc1. The van der Waals surface area contributed by atoms with Crippen molar-refractivity contribution in [3.8, 4) is 11.5 Å². The third-order valence-corrected chi connectivity index (χ3v) is 3.75. The summed E-state index contributed by atoms with van der Waals surface area (Å²) in [5, 5.41) is 1.99. The van der Waals surface area contributed by atoms with Crippen LogP contribution < -0.4 is 15.2 Å². The maximum atomic E-state index is 6.28. The van der Waals surface area contributed by atoms with Crippen molar-refractivity contribution in [2.75, 3.05) is 7.11 Å². The van der Waals surface area contributed by atoms with Crippen LogP contribution in [0.3, 0.4) is 0 Å². The van der Waals surface area contributed by atoms with Gasteiger partial charge in [0, 0.05) is 0 Å². The summed E-state index contributed by atoms with van der Waals surface area (Å²) in [6, 6.07) is 9.69. The first-order valence-electron chi connectivity index (χ1n) is 6.25. The minimum atomic E-state index is -0.164. The van der Waals surface area contributed by atoms with Crippen molar-refractivity contribution < 1.29 is 9.47 Å². The molecule has 102 valence electrons. The lowest BCUT2D eigenvalue weighted by Gasteiger charge is -2.14. The molecule has 0 aliphatic rings. The molecule has 0 amide bonds. The molecule has 1 heterocycles. The van der Waals surface area contributed by atoms with E-state index in [1.165, 1.54) is 0 Å². The van der Waals surface area contributed by atoms with E-state index in [2.05, 4.69) is 0 Å². The minimum Gasteiger partial charge on any atom is -0.496 e. The first kappa shape index (κ1) is 13.9. The largest absolute Gasteiger partial charge is 0.496 e. The van der Waals surface area contributed by atoms with Gasteiger partial charge in [-0.15, -0.1) is 11.3 Å². The molecule has 0 spiro atoms. The van der Waals surface area contributed by atoms with E-state index in [0.717, 1.165) is 21.9 Å². The second kappa shape index (κ2) is 6.08. The number of rotatable bonds is 5. The minimum absolute atomic E-state index is 0.164. The number of hydrogen-bond acceptors (Lipinski definition) is 4. The molecule has 0 fully saturated rings. The number of nitrogens with two attached hydrogens (primary N) is 1. The Labute approximate surface area is 118 Å². The zero-order chi connectivity index (χ0) is 13.8. The molecule has 19 heavy (non-hydrogen) atoms. The van der Waals surface area contributed by atoms with Gasteiger partial charge >= 0.3 is 0 Å². The monoisotopic (exact) mass is 277 g/mol. The van der Waals surface area contributed by atoms with Crippen LogP contribution in [0.4, 0.5) is 0 Å². The fourth-order valence-corrected chi connectivity index (χ4v) is 2.77. The normalized spacial score (nSPS) is 12.5. The van der Waals surface area contributed by atoms with Crippen LogP contribution in [0.5, 0.6) is 11.5 Å². The number of ether oxygens (including phenoxy) is 2. The Bertz CT molecular complexity index is 519. The second-order valence-corrected chi connectivity index (χ2v) is 5.51. The van der Waals surface area contributed by atoms with E-state index < -0.39 is 0 Å². The Morgan fingerprint density at radius 2 is 1.79 bits per heavy atom. The summed E-state index contributed by atoms with van der Waals surface area (Å²) in [6.45, 7) is 4.02. The van der Waals surface area contributed by atoms with E-state index in [0.29, 0.717) is 0 Å². The Morgan fingerprint density at radius 1 is 1.11 bits per heavy atom. The summed E-state index contributed by atoms with van der Waals surface area (Å²) in [4.78, 5) is 1.04. The summed E-state index contributed by atoms with van der Waals surface area (Å²) in [6.07, 6.45) is 0.178. The summed E-state index contributed by atoms with van der Waals surface area (Å²) in [5.41, 5.74) is 7.33. The Hall–Kier alpha value is -1.52. The van der Waals surface area contributed by atoms with Crippen LogP contribution in [-0.4, -0.2) is 13.2 Å². The van der Waals surface area contributed by atoms with Gasteiger partial charge in [0.05, 0.1) is 24.1 Å². The fraction of sp³-hybridized carbons (Fsp3) is 0.333. The molecule has 1 aromatic carbocycles. The van der Waals surface area contributed by atoms with E-state index in [1.807, 2.05) is 49.6 Å². The third-order valence-electron chi connectivity index (χ3n) is 2.77. The van der Waals surface area contributed by atoms with Gasteiger partial charge < -0.3 is 15.2 Å². The van der Waals surface area contributed by atoms with Gasteiger partial charge in [-0.1, -0.05) is 12.1 Å². The highest BCUT2D eigenvalue weighted by atomic mass is 32.1. The van der Waals surface area contributed by atoms with E-state index in [9.17, 15) is 0 Å². The van der Waals surface area contributed by atoms with Crippen LogP contribution in [0.2, 0.25) is 0 Å². The van der Waals surface area contributed by atoms with E-state index in [1.54, 1.807) is 18.4 Å². The van der Waals surface area contributed by atoms with E-state index in [4.69, 9.17) is 15.2 Å². The van der Waals surface area contributed by atoms with Crippen molar-refractivity contribution in [2.24, 2.45) is 5.73 Å². The van der Waals surface area contributed by atoms with Gasteiger partial charge in [-0.25, -0.2) is 0 Å². The van der Waals surface area contributed by atoms with Gasteiger partial charge in [-0.3, -0.25) is 0 Å². The molecule has 0 radical (unpaired) electrons. The summed E-state index contributed by atoms with van der Waals surface area (Å²) in [7, 11) is 1.66. The van der Waals surface area contributed by atoms with Gasteiger partial charge in [0.15, 0.2) is 0 Å². The zero-order valence-electron chi connectivity index (χ0n) is 11.4. The average molecular weight is 277 g/mol. The molecular weight excluding hydrogens is 258 g/mol. The van der Waals surface area contributed by atoms with Crippen LogP contribution in [0, 0.1) is 0 Å². The molecule has 1 unspecified atom stereocenters. The quantitative estimate of drug-likeness (QED) is 0.908. The molecule has 0 aliphatic carbocycles. The van der Waals surface area contributed by atoms with Crippen LogP contribution in [-0.2, 0) is 0 Å². The number of methoxy groups -OCH3 is 1. The van der Waals surface area contributed by atoms with Crippen molar-refractivity contribution in [2.45, 2.75) is 26.0 Å². The smallest absolute Gasteiger partial charge is 0.134 e. The molecule has 2 aromatic rings. The highest BCUT2D eigenvalue weighted by Crippen LogP contribution is 2.33. The molecule has 0 saturated carbocycles. The summed E-state index contributed by atoms with van der Waals surface area (Å²) >= 11 is 1.61. The molecule has 2 N–H and O–H groups in total. The molecular formula is C15H19NO2S. The molecule has 4 heteroatoms. The molecule has 1 atom stereocenters. The van der Waals surface area contributed by atoms with Gasteiger partial charge in [-0.05, 0) is 43.0 Å². The van der Waals surface area contributed by atoms with E-state index in [-0.39, 0.29) is 12.1 Å². The molecule has 1 aromatic heterocycles. The predicted molar refractivity (Wildman–Crippen MR) is 79.1 cm³/mol. The topological polar surface area (TPSA) is 44.5 Å². The fourth-order valence-electron chi connectivity index (χ4n) is 1.88. The standard InChI is InChI=1S/C15H19NO2S/c1-10(2)18-12-6-4-11(5-7-12)14(16)15-13(17-3)8-9-19-15/h4-10,14H,16H2,1-3H3. The van der Waals surface area contributed by atoms with Gasteiger partial charge in [0.25, 0.3) is 0 Å². The van der Waals surface area contributed by atoms with Crippen molar-refractivity contribution in [1.29, 1.82) is 0 Å². The van der Waals surface area contributed by atoms with Gasteiger partial charge in [-0.2, -0.15) is 0 Å². The first-order valence-corrected chi connectivity index (χ1v) is 7.13. The third kappa shape index (κ3) is 3.28. The lowest BCUT2D eigenvalue weighted by atomic mass is 10.1. The molecule has 2 rings (SSSR count). The average Bonchev–Trinajstić information content (AvgIpc) is 2.86. The zero-order valence-corrected chi connectivity index (χ0v) is 12.2. The van der Waals surface area contributed by atoms with Crippen molar-refractivity contribution in [1.82, 2.24) is 0 Å². The van der Waals surface area contributed by atoms with Crippen LogP contribution >= 0.6 is 11.3 Å². The number of thiophene rings is 1. The highest BCUT2D eigenvalue weighted by molar-refractivity contribution is 7.10. The van der Waals surface area contributed by atoms with Gasteiger partial charge in [0.2, 0.25) is 0 Å². The van der Waals surface area contributed by atoms with Gasteiger partial charge in [0.1, 0.15) is 11.5 Å². The summed E-state index contributed by atoms with van der Waals surface area (Å²) < 4.78 is 10.9. The van der Waals surface area contributed by atoms with E-state index >= 15 is 0 Å². The van der Waals surface area contributed by atoms with Crippen LogP contribution in [0.15, 0.2) is 35.7 Å². The van der Waals surface area contributed by atoms with Crippen molar-refractivity contribution >= 4 is 11.3 Å². The lowest BCUT2D eigenvalue weighted by Crippen LogP contribution is -2.11. The van der Waals surface area contributed by atoms with Crippen LogP contribution in [0.1, 0.15) is 30.3 Å². The first-order chi connectivity index (χ1) is 9.11. The maximum absolute atomic E-state index is 6.28. The van der Waals surface area contributed by atoms with Crippen molar-refractivity contribution in [3.63, 3.8) is 0 Å². The number of benzene rings is 1. The molecule has 0 saturated heterocycles. The molecule has 3 nitrogen and oxygen atoms in total. The van der Waals surface area contributed by atoms with Crippen molar-refractivity contribution in [3.05, 3.63) is 46.2 Å². The second-order valence-electron chi connectivity index (χ2n) is 4.57. The molecule has 0 bridgehead atoms. The lowest BCUT2D eigenvalue weighted by molar-refractivity contribution is 0.242. The molecule has 0 aliphatic heterocycles. The predicted octanol–water partition coefficient (Wildman–Crippen LogP) is 3.59. The number of hydrogen-bond donors (Lipinski definition) is 1.